The third-order valence-corrected chi connectivity index (χ3v) is 3.53. The molecule has 0 saturated carbocycles. The molecule has 0 saturated heterocycles. The van der Waals surface area contributed by atoms with Crippen molar-refractivity contribution >= 4 is 15.9 Å². The molecule has 0 fully saturated rings. The molecule has 0 bridgehead atoms. The number of allylic oxidation sites excluding steroid dienone is 1. The van der Waals surface area contributed by atoms with E-state index in [1.54, 1.807) is 6.07 Å². The van der Waals surface area contributed by atoms with E-state index in [0.29, 0.717) is 0 Å². The first-order valence-electron chi connectivity index (χ1n) is 5.67. The highest BCUT2D eigenvalue weighted by Gasteiger charge is 2.20. The van der Waals surface area contributed by atoms with E-state index in [1.165, 1.54) is 12.1 Å². The van der Waals surface area contributed by atoms with Gasteiger partial charge in [-0.3, -0.25) is 0 Å². The quantitative estimate of drug-likeness (QED) is 0.922. The van der Waals surface area contributed by atoms with Crippen molar-refractivity contribution in [1.82, 2.24) is 5.32 Å². The van der Waals surface area contributed by atoms with Gasteiger partial charge in [0, 0.05) is 4.47 Å². The van der Waals surface area contributed by atoms with E-state index in [1.807, 2.05) is 7.05 Å². The fraction of sp³-hybridized carbons (Fsp3) is 0.385. The van der Waals surface area contributed by atoms with Crippen LogP contribution < -0.4 is 5.32 Å². The van der Waals surface area contributed by atoms with Gasteiger partial charge in [-0.05, 0) is 49.7 Å². The van der Waals surface area contributed by atoms with E-state index in [9.17, 15) is 4.39 Å². The SMILES string of the molecule is CNC(C1=CCCCO1)c1cc(F)ccc1Br. The largest absolute Gasteiger partial charge is 0.496 e. The zero-order valence-corrected chi connectivity index (χ0v) is 11.3. The minimum absolute atomic E-state index is 0.0969. The molecule has 17 heavy (non-hydrogen) atoms. The zero-order valence-electron chi connectivity index (χ0n) is 9.67. The molecule has 1 unspecified atom stereocenters. The Bertz CT molecular complexity index is 433. The summed E-state index contributed by atoms with van der Waals surface area (Å²) in [6, 6.07) is 4.60. The van der Waals surface area contributed by atoms with Gasteiger partial charge in [0.25, 0.3) is 0 Å². The summed E-state index contributed by atoms with van der Waals surface area (Å²) in [6.07, 6.45) is 4.13. The van der Waals surface area contributed by atoms with Crippen LogP contribution in [0.25, 0.3) is 0 Å². The van der Waals surface area contributed by atoms with Crippen LogP contribution >= 0.6 is 15.9 Å². The average Bonchev–Trinajstić information content (AvgIpc) is 2.36. The van der Waals surface area contributed by atoms with Crippen molar-refractivity contribution < 1.29 is 9.13 Å². The molecule has 2 nitrogen and oxygen atoms in total. The lowest BCUT2D eigenvalue weighted by molar-refractivity contribution is 0.169. The maximum absolute atomic E-state index is 13.3. The minimum Gasteiger partial charge on any atom is -0.496 e. The van der Waals surface area contributed by atoms with E-state index in [2.05, 4.69) is 27.3 Å². The van der Waals surface area contributed by atoms with E-state index in [4.69, 9.17) is 4.74 Å². The predicted molar refractivity (Wildman–Crippen MR) is 69.2 cm³/mol. The molecule has 92 valence electrons. The minimum atomic E-state index is -0.236. The normalized spacial score (nSPS) is 17.2. The summed E-state index contributed by atoms with van der Waals surface area (Å²) >= 11 is 3.45. The number of benzene rings is 1. The monoisotopic (exact) mass is 299 g/mol. The third kappa shape index (κ3) is 2.87. The van der Waals surface area contributed by atoms with Crippen LogP contribution in [0.5, 0.6) is 0 Å². The van der Waals surface area contributed by atoms with Gasteiger partial charge in [-0.2, -0.15) is 0 Å². The van der Waals surface area contributed by atoms with Crippen molar-refractivity contribution in [2.45, 2.75) is 18.9 Å². The van der Waals surface area contributed by atoms with Crippen LogP contribution in [0, 0.1) is 5.82 Å². The molecule has 1 aromatic rings. The predicted octanol–water partition coefficient (Wildman–Crippen LogP) is 3.54. The Hall–Kier alpha value is -0.870. The van der Waals surface area contributed by atoms with Crippen molar-refractivity contribution in [1.29, 1.82) is 0 Å². The topological polar surface area (TPSA) is 21.3 Å². The van der Waals surface area contributed by atoms with Crippen LogP contribution in [0.1, 0.15) is 24.4 Å². The van der Waals surface area contributed by atoms with Crippen LogP contribution in [-0.2, 0) is 4.74 Å². The summed E-state index contributed by atoms with van der Waals surface area (Å²) in [4.78, 5) is 0. The summed E-state index contributed by atoms with van der Waals surface area (Å²) in [6.45, 7) is 0.733. The van der Waals surface area contributed by atoms with E-state index in [-0.39, 0.29) is 11.9 Å². The number of nitrogens with one attached hydrogen (secondary N) is 1. The Morgan fingerprint density at radius 1 is 1.47 bits per heavy atom. The second kappa shape index (κ2) is 5.65. The van der Waals surface area contributed by atoms with Gasteiger partial charge in [0.05, 0.1) is 12.6 Å². The molecular formula is C13H15BrFNO. The van der Waals surface area contributed by atoms with Crippen molar-refractivity contribution in [3.05, 3.63) is 45.9 Å². The molecular weight excluding hydrogens is 285 g/mol. The molecule has 2 rings (SSSR count). The Morgan fingerprint density at radius 3 is 2.94 bits per heavy atom. The molecule has 1 aliphatic rings. The standard InChI is InChI=1S/C13H15BrFNO/c1-16-13(12-4-2-3-7-17-12)10-8-9(15)5-6-11(10)14/h4-6,8,13,16H,2-3,7H2,1H3. The molecule has 0 aromatic heterocycles. The molecule has 0 amide bonds. The van der Waals surface area contributed by atoms with Crippen LogP contribution in [0.15, 0.2) is 34.5 Å². The third-order valence-electron chi connectivity index (χ3n) is 2.80. The van der Waals surface area contributed by atoms with E-state index >= 15 is 0 Å². The summed E-state index contributed by atoms with van der Waals surface area (Å²) in [5, 5.41) is 3.17. The maximum Gasteiger partial charge on any atom is 0.123 e. The lowest BCUT2D eigenvalue weighted by Gasteiger charge is -2.24. The fourth-order valence-corrected chi connectivity index (χ4v) is 2.44. The summed E-state index contributed by atoms with van der Waals surface area (Å²) < 4.78 is 19.8. The molecule has 0 spiro atoms. The van der Waals surface area contributed by atoms with E-state index in [0.717, 1.165) is 35.2 Å². The first-order valence-corrected chi connectivity index (χ1v) is 6.46. The first kappa shape index (κ1) is 12.6. The number of hydrogen-bond acceptors (Lipinski definition) is 2. The summed E-state index contributed by atoms with van der Waals surface area (Å²) in [5.74, 6) is 0.643. The molecule has 4 heteroatoms. The average molecular weight is 300 g/mol. The highest BCUT2D eigenvalue weighted by Crippen LogP contribution is 2.31. The lowest BCUT2D eigenvalue weighted by atomic mass is 10.0. The van der Waals surface area contributed by atoms with Gasteiger partial charge in [0.1, 0.15) is 11.6 Å². The van der Waals surface area contributed by atoms with Gasteiger partial charge < -0.3 is 10.1 Å². The van der Waals surface area contributed by atoms with Crippen LogP contribution in [0.4, 0.5) is 4.39 Å². The smallest absolute Gasteiger partial charge is 0.123 e. The second-order valence-corrected chi connectivity index (χ2v) is 4.84. The molecule has 1 heterocycles. The molecule has 1 atom stereocenters. The zero-order chi connectivity index (χ0) is 12.3. The Morgan fingerprint density at radius 2 is 2.29 bits per heavy atom. The lowest BCUT2D eigenvalue weighted by Crippen LogP contribution is -2.22. The number of likely N-dealkylation sites (N-methyl/N-ethyl adjacent to an activating group) is 1. The van der Waals surface area contributed by atoms with Gasteiger partial charge in [-0.1, -0.05) is 15.9 Å². The Balaban J connectivity index is 2.34. The second-order valence-electron chi connectivity index (χ2n) is 3.98. The van der Waals surface area contributed by atoms with Gasteiger partial charge in [-0.25, -0.2) is 4.39 Å². The molecule has 1 aromatic carbocycles. The number of hydrogen-bond donors (Lipinski definition) is 1. The van der Waals surface area contributed by atoms with Crippen LogP contribution in [-0.4, -0.2) is 13.7 Å². The number of ether oxygens (including phenoxy) is 1. The Kier molecular flexibility index (Phi) is 4.18. The summed E-state index contributed by atoms with van der Waals surface area (Å²) in [5.41, 5.74) is 0.862. The van der Waals surface area contributed by atoms with E-state index < -0.39 is 0 Å². The molecule has 1 N–H and O–H groups in total. The Labute approximate surface area is 109 Å². The maximum atomic E-state index is 13.3. The highest BCUT2D eigenvalue weighted by atomic mass is 79.9. The molecule has 0 radical (unpaired) electrons. The molecule has 0 aliphatic carbocycles. The number of rotatable bonds is 3. The first-order chi connectivity index (χ1) is 8.22. The van der Waals surface area contributed by atoms with Crippen molar-refractivity contribution in [2.24, 2.45) is 0 Å². The van der Waals surface area contributed by atoms with Crippen molar-refractivity contribution in [2.75, 3.05) is 13.7 Å². The van der Waals surface area contributed by atoms with Crippen molar-refractivity contribution in [3.8, 4) is 0 Å². The van der Waals surface area contributed by atoms with Gasteiger partial charge in [0.2, 0.25) is 0 Å². The van der Waals surface area contributed by atoms with Crippen LogP contribution in [0.3, 0.4) is 0 Å². The molecule has 1 aliphatic heterocycles. The number of halogens is 2. The van der Waals surface area contributed by atoms with Crippen molar-refractivity contribution in [3.63, 3.8) is 0 Å². The van der Waals surface area contributed by atoms with Gasteiger partial charge >= 0.3 is 0 Å². The van der Waals surface area contributed by atoms with Gasteiger partial charge in [0.15, 0.2) is 0 Å². The summed E-state index contributed by atoms with van der Waals surface area (Å²) in [7, 11) is 1.85. The van der Waals surface area contributed by atoms with Crippen LogP contribution in [0.2, 0.25) is 0 Å². The highest BCUT2D eigenvalue weighted by molar-refractivity contribution is 9.10. The fourth-order valence-electron chi connectivity index (χ4n) is 1.96. The van der Waals surface area contributed by atoms with Gasteiger partial charge in [-0.15, -0.1) is 0 Å².